The zero-order valence-corrected chi connectivity index (χ0v) is 16.7. The highest BCUT2D eigenvalue weighted by Crippen LogP contribution is 2.28. The second-order valence-electron chi connectivity index (χ2n) is 7.48. The summed E-state index contributed by atoms with van der Waals surface area (Å²) in [5.41, 5.74) is 0. The van der Waals surface area contributed by atoms with Crippen molar-refractivity contribution in [3.63, 3.8) is 0 Å². The van der Waals surface area contributed by atoms with E-state index in [-0.39, 0.29) is 6.42 Å². The lowest BCUT2D eigenvalue weighted by atomic mass is 9.97. The van der Waals surface area contributed by atoms with Crippen LogP contribution in [0.2, 0.25) is 0 Å². The molecular weight excluding hydrogens is 408 g/mol. The molecule has 2 saturated heterocycles. The summed E-state index contributed by atoms with van der Waals surface area (Å²) < 4.78 is 20.9. The number of esters is 1. The minimum atomic E-state index is -1.76. The molecule has 0 aromatic carbocycles. The summed E-state index contributed by atoms with van der Waals surface area (Å²) in [6.07, 6.45) is -13.2. The minimum Gasteiger partial charge on any atom is -0.463 e. The van der Waals surface area contributed by atoms with Crippen LogP contribution in [0.3, 0.4) is 0 Å². The lowest BCUT2D eigenvalue weighted by Gasteiger charge is -2.45. The fraction of sp³-hybridized carbons (Fsp3) is 0.944. The number of aliphatic hydroxyl groups is 7. The summed E-state index contributed by atoms with van der Waals surface area (Å²) in [6.45, 7) is 0.877. The molecule has 30 heavy (non-hydrogen) atoms. The molecule has 0 bridgehead atoms. The fourth-order valence-electron chi connectivity index (χ4n) is 3.32. The first kappa shape index (κ1) is 25.3. The van der Waals surface area contributed by atoms with Gasteiger partial charge in [-0.3, -0.25) is 4.79 Å². The molecule has 0 saturated carbocycles. The number of unbranched alkanes of at least 4 members (excludes halogenated alkanes) is 2. The van der Waals surface area contributed by atoms with E-state index in [9.17, 15) is 40.5 Å². The van der Waals surface area contributed by atoms with Gasteiger partial charge in [0, 0.05) is 6.42 Å². The molecule has 0 amide bonds. The van der Waals surface area contributed by atoms with Gasteiger partial charge < -0.3 is 54.7 Å². The lowest BCUT2D eigenvalue weighted by Crippen LogP contribution is -2.64. The summed E-state index contributed by atoms with van der Waals surface area (Å²) in [6, 6.07) is 0. The molecule has 0 aromatic rings. The van der Waals surface area contributed by atoms with Crippen LogP contribution in [0.15, 0.2) is 0 Å². The monoisotopic (exact) mass is 440 g/mol. The van der Waals surface area contributed by atoms with Crippen molar-refractivity contribution < 1.29 is 59.5 Å². The van der Waals surface area contributed by atoms with E-state index >= 15 is 0 Å². The predicted octanol–water partition coefficient (Wildman–Crippen LogP) is -3.27. The smallest absolute Gasteiger partial charge is 0.305 e. The van der Waals surface area contributed by atoms with E-state index in [2.05, 4.69) is 0 Å². The first-order chi connectivity index (χ1) is 14.2. The molecule has 12 nitrogen and oxygen atoms in total. The van der Waals surface area contributed by atoms with Crippen LogP contribution in [0.5, 0.6) is 0 Å². The molecule has 0 aromatic heterocycles. The third-order valence-corrected chi connectivity index (χ3v) is 5.19. The molecule has 0 spiro atoms. The summed E-state index contributed by atoms with van der Waals surface area (Å²) >= 11 is 0. The van der Waals surface area contributed by atoms with Crippen molar-refractivity contribution in [3.05, 3.63) is 0 Å². The van der Waals surface area contributed by atoms with Crippen molar-refractivity contribution in [1.82, 2.24) is 0 Å². The quantitative estimate of drug-likeness (QED) is 0.140. The molecule has 2 aliphatic rings. The summed E-state index contributed by atoms with van der Waals surface area (Å²) in [7, 11) is 0. The third kappa shape index (κ3) is 6.07. The van der Waals surface area contributed by atoms with Gasteiger partial charge in [0.05, 0.1) is 6.61 Å². The highest BCUT2D eigenvalue weighted by molar-refractivity contribution is 5.69. The van der Waals surface area contributed by atoms with E-state index < -0.39 is 80.6 Å². The SMILES string of the molecule is CCCCCC(=O)OC[C@H]1O[C@H](O[C@H]2[C@H](O)[C@@H](O)C(O)O[C@@H]2CO)[C@H](O)[C@@H](O)[C@@H]1O. The summed E-state index contributed by atoms with van der Waals surface area (Å²) in [5.74, 6) is -0.508. The van der Waals surface area contributed by atoms with Crippen LogP contribution in [0.1, 0.15) is 32.6 Å². The Bertz CT molecular complexity index is 531. The molecule has 12 heteroatoms. The van der Waals surface area contributed by atoms with E-state index in [1.165, 1.54) is 0 Å². The zero-order chi connectivity index (χ0) is 22.4. The number of rotatable bonds is 9. The first-order valence-electron chi connectivity index (χ1n) is 10.0. The third-order valence-electron chi connectivity index (χ3n) is 5.19. The molecule has 2 heterocycles. The van der Waals surface area contributed by atoms with E-state index in [1.807, 2.05) is 6.92 Å². The van der Waals surface area contributed by atoms with Gasteiger partial charge in [-0.05, 0) is 6.42 Å². The van der Waals surface area contributed by atoms with Crippen LogP contribution in [0, 0.1) is 0 Å². The van der Waals surface area contributed by atoms with Crippen LogP contribution in [0.4, 0.5) is 0 Å². The Morgan fingerprint density at radius 2 is 1.57 bits per heavy atom. The van der Waals surface area contributed by atoms with Crippen molar-refractivity contribution in [2.75, 3.05) is 13.2 Å². The maximum atomic E-state index is 11.8. The molecule has 0 aliphatic carbocycles. The van der Waals surface area contributed by atoms with E-state index in [0.29, 0.717) is 6.42 Å². The molecule has 176 valence electrons. The van der Waals surface area contributed by atoms with Crippen molar-refractivity contribution >= 4 is 5.97 Å². The van der Waals surface area contributed by atoms with Gasteiger partial charge in [0.1, 0.15) is 55.4 Å². The van der Waals surface area contributed by atoms with Gasteiger partial charge in [-0.1, -0.05) is 19.8 Å². The number of carbonyl (C=O) groups excluding carboxylic acids is 1. The molecule has 10 atom stereocenters. The van der Waals surface area contributed by atoms with Crippen molar-refractivity contribution in [3.8, 4) is 0 Å². The molecular formula is C18H32O12. The molecule has 2 fully saturated rings. The van der Waals surface area contributed by atoms with Crippen molar-refractivity contribution in [1.29, 1.82) is 0 Å². The van der Waals surface area contributed by atoms with E-state index in [0.717, 1.165) is 12.8 Å². The van der Waals surface area contributed by atoms with Gasteiger partial charge in [-0.2, -0.15) is 0 Å². The Balaban J connectivity index is 2.00. The van der Waals surface area contributed by atoms with E-state index in [1.54, 1.807) is 0 Å². The fourth-order valence-corrected chi connectivity index (χ4v) is 3.32. The highest BCUT2D eigenvalue weighted by atomic mass is 16.7. The molecule has 2 aliphatic heterocycles. The van der Waals surface area contributed by atoms with Crippen LogP contribution < -0.4 is 0 Å². The lowest BCUT2D eigenvalue weighted by molar-refractivity contribution is -0.355. The van der Waals surface area contributed by atoms with Crippen LogP contribution in [-0.2, 0) is 23.7 Å². The van der Waals surface area contributed by atoms with Gasteiger partial charge in [0.25, 0.3) is 0 Å². The number of aliphatic hydroxyl groups excluding tert-OH is 7. The number of hydrogen-bond donors (Lipinski definition) is 7. The maximum Gasteiger partial charge on any atom is 0.305 e. The van der Waals surface area contributed by atoms with Gasteiger partial charge in [-0.25, -0.2) is 0 Å². The molecule has 0 radical (unpaired) electrons. The second-order valence-corrected chi connectivity index (χ2v) is 7.48. The molecule has 1 unspecified atom stereocenters. The Hall–Kier alpha value is -0.930. The number of ether oxygens (including phenoxy) is 4. The van der Waals surface area contributed by atoms with Gasteiger partial charge in [0.2, 0.25) is 0 Å². The van der Waals surface area contributed by atoms with Crippen LogP contribution >= 0.6 is 0 Å². The Morgan fingerprint density at radius 1 is 0.867 bits per heavy atom. The summed E-state index contributed by atoms with van der Waals surface area (Å²) in [4.78, 5) is 11.8. The zero-order valence-electron chi connectivity index (χ0n) is 16.7. The average molecular weight is 440 g/mol. The number of hydrogen-bond acceptors (Lipinski definition) is 12. The summed E-state index contributed by atoms with van der Waals surface area (Å²) in [5, 5.41) is 69.3. The van der Waals surface area contributed by atoms with E-state index in [4.69, 9.17) is 18.9 Å². The predicted molar refractivity (Wildman–Crippen MR) is 96.6 cm³/mol. The second kappa shape index (κ2) is 11.6. The number of carbonyl (C=O) groups is 1. The highest BCUT2D eigenvalue weighted by Gasteiger charge is 2.50. The standard InChI is InChI=1S/C18H32O12/c1-2-3-4-5-10(20)27-7-9-11(21)12(22)15(25)18(29-9)30-16-8(6-19)28-17(26)14(24)13(16)23/h8-9,11-19,21-26H,2-7H2,1H3/t8-,9-,11-,12+,13-,14-,15-,16-,17?,18-/m1/s1. The molecule has 2 rings (SSSR count). The first-order valence-corrected chi connectivity index (χ1v) is 10.0. The molecule has 7 N–H and O–H groups in total. The van der Waals surface area contributed by atoms with Gasteiger partial charge in [0.15, 0.2) is 12.6 Å². The Labute approximate surface area is 173 Å². The van der Waals surface area contributed by atoms with Crippen LogP contribution in [-0.4, -0.2) is 116 Å². The van der Waals surface area contributed by atoms with Crippen LogP contribution in [0.25, 0.3) is 0 Å². The normalized spacial score (nSPS) is 42.1. The van der Waals surface area contributed by atoms with Crippen molar-refractivity contribution in [2.45, 2.75) is 94.0 Å². The van der Waals surface area contributed by atoms with Gasteiger partial charge >= 0.3 is 5.97 Å². The average Bonchev–Trinajstić information content (AvgIpc) is 2.73. The Kier molecular flexibility index (Phi) is 9.81. The van der Waals surface area contributed by atoms with Gasteiger partial charge in [-0.15, -0.1) is 0 Å². The topological polar surface area (TPSA) is 196 Å². The minimum absolute atomic E-state index is 0.186. The van der Waals surface area contributed by atoms with Crippen molar-refractivity contribution in [2.24, 2.45) is 0 Å². The largest absolute Gasteiger partial charge is 0.463 e. The Morgan fingerprint density at radius 3 is 2.20 bits per heavy atom. The maximum absolute atomic E-state index is 11.8.